The second kappa shape index (κ2) is 9.98. The van der Waals surface area contributed by atoms with Crippen molar-refractivity contribution in [1.82, 2.24) is 4.57 Å². The SMILES string of the molecule is C=CCCC(C)Cc1c(C)ccc2c1ccn2CCc1ccc(C)c(C(C)C=C)c1. The molecule has 158 valence electrons. The van der Waals surface area contributed by atoms with Crippen LogP contribution in [0.15, 0.2) is 67.9 Å². The van der Waals surface area contributed by atoms with Gasteiger partial charge in [0.25, 0.3) is 0 Å². The van der Waals surface area contributed by atoms with Crippen LogP contribution in [0.1, 0.15) is 60.4 Å². The molecule has 3 aromatic rings. The van der Waals surface area contributed by atoms with Crippen molar-refractivity contribution in [3.05, 3.63) is 95.7 Å². The van der Waals surface area contributed by atoms with Crippen molar-refractivity contribution >= 4 is 10.9 Å². The van der Waals surface area contributed by atoms with Crippen LogP contribution in [0.2, 0.25) is 0 Å². The first-order valence-corrected chi connectivity index (χ1v) is 11.3. The highest BCUT2D eigenvalue weighted by atomic mass is 14.9. The third-order valence-corrected chi connectivity index (χ3v) is 6.54. The van der Waals surface area contributed by atoms with Crippen molar-refractivity contribution in [2.75, 3.05) is 0 Å². The lowest BCUT2D eigenvalue weighted by Crippen LogP contribution is -2.04. The van der Waals surface area contributed by atoms with Crippen LogP contribution in [-0.4, -0.2) is 4.57 Å². The molecule has 0 amide bonds. The van der Waals surface area contributed by atoms with Gasteiger partial charge in [-0.1, -0.05) is 50.3 Å². The smallest absolute Gasteiger partial charge is 0.0483 e. The molecule has 30 heavy (non-hydrogen) atoms. The highest BCUT2D eigenvalue weighted by Gasteiger charge is 2.12. The molecule has 1 heteroatoms. The Morgan fingerprint density at radius 2 is 1.77 bits per heavy atom. The molecule has 1 aromatic heterocycles. The quantitative estimate of drug-likeness (QED) is 0.305. The molecule has 0 saturated heterocycles. The Morgan fingerprint density at radius 1 is 1.00 bits per heavy atom. The highest BCUT2D eigenvalue weighted by molar-refractivity contribution is 5.85. The minimum Gasteiger partial charge on any atom is -0.347 e. The number of nitrogens with zero attached hydrogens (tertiary/aromatic N) is 1. The first-order chi connectivity index (χ1) is 14.4. The zero-order valence-corrected chi connectivity index (χ0v) is 19.2. The van der Waals surface area contributed by atoms with Gasteiger partial charge in [0.05, 0.1) is 0 Å². The van der Waals surface area contributed by atoms with Gasteiger partial charge in [-0.05, 0) is 91.3 Å². The molecule has 0 aliphatic carbocycles. The van der Waals surface area contributed by atoms with E-state index in [4.69, 9.17) is 0 Å². The van der Waals surface area contributed by atoms with Gasteiger partial charge in [0.1, 0.15) is 0 Å². The van der Waals surface area contributed by atoms with Gasteiger partial charge in [0, 0.05) is 23.6 Å². The molecular weight excluding hydrogens is 362 g/mol. The summed E-state index contributed by atoms with van der Waals surface area (Å²) in [7, 11) is 0. The summed E-state index contributed by atoms with van der Waals surface area (Å²) in [4.78, 5) is 0. The van der Waals surface area contributed by atoms with E-state index < -0.39 is 0 Å². The molecule has 0 bridgehead atoms. The molecule has 0 radical (unpaired) electrons. The number of hydrogen-bond acceptors (Lipinski definition) is 0. The fourth-order valence-electron chi connectivity index (χ4n) is 4.47. The van der Waals surface area contributed by atoms with E-state index in [1.165, 1.54) is 45.1 Å². The number of aryl methyl sites for hydroxylation is 4. The number of benzene rings is 2. The van der Waals surface area contributed by atoms with E-state index in [0.717, 1.165) is 25.8 Å². The summed E-state index contributed by atoms with van der Waals surface area (Å²) in [5.41, 5.74) is 8.43. The Morgan fingerprint density at radius 3 is 2.50 bits per heavy atom. The van der Waals surface area contributed by atoms with E-state index >= 15 is 0 Å². The van der Waals surface area contributed by atoms with Gasteiger partial charge < -0.3 is 4.57 Å². The fourth-order valence-corrected chi connectivity index (χ4v) is 4.47. The number of fused-ring (bicyclic) bond motifs is 1. The van der Waals surface area contributed by atoms with Crippen LogP contribution in [-0.2, 0) is 19.4 Å². The summed E-state index contributed by atoms with van der Waals surface area (Å²) in [5, 5.41) is 1.42. The average Bonchev–Trinajstić information content (AvgIpc) is 3.16. The molecule has 3 rings (SSSR count). The Balaban J connectivity index is 1.80. The molecule has 2 atom stereocenters. The average molecular weight is 400 g/mol. The van der Waals surface area contributed by atoms with Crippen molar-refractivity contribution < 1.29 is 0 Å². The van der Waals surface area contributed by atoms with Crippen molar-refractivity contribution in [2.45, 2.75) is 65.8 Å². The minimum absolute atomic E-state index is 0.394. The molecule has 0 fully saturated rings. The topological polar surface area (TPSA) is 4.93 Å². The van der Waals surface area contributed by atoms with Gasteiger partial charge in [0.15, 0.2) is 0 Å². The first-order valence-electron chi connectivity index (χ1n) is 11.3. The molecule has 0 aliphatic heterocycles. The summed E-state index contributed by atoms with van der Waals surface area (Å²) < 4.78 is 2.42. The molecule has 2 aromatic carbocycles. The summed E-state index contributed by atoms with van der Waals surface area (Å²) in [5.74, 6) is 1.07. The second-order valence-electron chi connectivity index (χ2n) is 8.94. The van der Waals surface area contributed by atoms with Crippen molar-refractivity contribution in [3.8, 4) is 0 Å². The number of rotatable bonds is 10. The molecule has 2 unspecified atom stereocenters. The molecule has 0 N–H and O–H groups in total. The third kappa shape index (κ3) is 4.95. The monoisotopic (exact) mass is 399 g/mol. The standard InChI is InChI=1S/C29H37N/c1-7-9-10-21(3)19-28-24(6)12-14-29-26(28)16-18-30(29)17-15-25-13-11-23(5)27(20-25)22(4)8-2/h7-8,11-14,16,18,20-22H,1-2,9-10,15,17,19H2,3-6H3. The Labute approximate surface area is 183 Å². The zero-order valence-electron chi connectivity index (χ0n) is 19.2. The van der Waals surface area contributed by atoms with Crippen LogP contribution in [0, 0.1) is 19.8 Å². The van der Waals surface area contributed by atoms with E-state index in [9.17, 15) is 0 Å². The van der Waals surface area contributed by atoms with Crippen LogP contribution in [0.4, 0.5) is 0 Å². The van der Waals surface area contributed by atoms with E-state index in [-0.39, 0.29) is 0 Å². The zero-order chi connectivity index (χ0) is 21.7. The largest absolute Gasteiger partial charge is 0.347 e. The molecule has 1 heterocycles. The Bertz CT molecular complexity index is 1020. The van der Waals surface area contributed by atoms with Crippen LogP contribution >= 0.6 is 0 Å². The van der Waals surface area contributed by atoms with Gasteiger partial charge in [-0.3, -0.25) is 0 Å². The van der Waals surface area contributed by atoms with Gasteiger partial charge in [-0.15, -0.1) is 13.2 Å². The Hall–Kier alpha value is -2.54. The molecular formula is C29H37N. The summed E-state index contributed by atoms with van der Waals surface area (Å²) in [6, 6.07) is 13.8. The second-order valence-corrected chi connectivity index (χ2v) is 8.94. The lowest BCUT2D eigenvalue weighted by molar-refractivity contribution is 0.537. The van der Waals surface area contributed by atoms with Crippen molar-refractivity contribution in [2.24, 2.45) is 5.92 Å². The lowest BCUT2D eigenvalue weighted by Gasteiger charge is -2.15. The summed E-state index contributed by atoms with van der Waals surface area (Å²) in [6.07, 6.45) is 10.8. The highest BCUT2D eigenvalue weighted by Crippen LogP contribution is 2.28. The first kappa shape index (κ1) is 22.2. The molecule has 0 spiro atoms. The normalized spacial score (nSPS) is 13.3. The van der Waals surface area contributed by atoms with E-state index in [0.29, 0.717) is 11.8 Å². The van der Waals surface area contributed by atoms with Crippen LogP contribution in [0.5, 0.6) is 0 Å². The van der Waals surface area contributed by atoms with Gasteiger partial charge in [0.2, 0.25) is 0 Å². The maximum atomic E-state index is 3.97. The fraction of sp³-hybridized carbons (Fsp3) is 0.379. The van der Waals surface area contributed by atoms with Gasteiger partial charge in [-0.2, -0.15) is 0 Å². The maximum Gasteiger partial charge on any atom is 0.0483 e. The molecule has 0 aliphatic rings. The van der Waals surface area contributed by atoms with Crippen LogP contribution in [0.25, 0.3) is 10.9 Å². The van der Waals surface area contributed by atoms with Gasteiger partial charge >= 0.3 is 0 Å². The van der Waals surface area contributed by atoms with Crippen LogP contribution in [0.3, 0.4) is 0 Å². The molecule has 1 nitrogen and oxygen atoms in total. The van der Waals surface area contributed by atoms with Crippen molar-refractivity contribution in [3.63, 3.8) is 0 Å². The summed E-state index contributed by atoms with van der Waals surface area (Å²) in [6.45, 7) is 17.9. The number of aromatic nitrogens is 1. The Kier molecular flexibility index (Phi) is 7.37. The lowest BCUT2D eigenvalue weighted by atomic mass is 9.92. The number of hydrogen-bond donors (Lipinski definition) is 0. The molecule has 0 saturated carbocycles. The predicted octanol–water partition coefficient (Wildman–Crippen LogP) is 7.94. The maximum absolute atomic E-state index is 3.97. The van der Waals surface area contributed by atoms with Gasteiger partial charge in [-0.25, -0.2) is 0 Å². The summed E-state index contributed by atoms with van der Waals surface area (Å²) >= 11 is 0. The van der Waals surface area contributed by atoms with E-state index in [1.54, 1.807) is 0 Å². The minimum atomic E-state index is 0.394. The van der Waals surface area contributed by atoms with Crippen molar-refractivity contribution in [1.29, 1.82) is 0 Å². The predicted molar refractivity (Wildman–Crippen MR) is 132 cm³/mol. The third-order valence-electron chi connectivity index (χ3n) is 6.54. The van der Waals surface area contributed by atoms with Crippen LogP contribution < -0.4 is 0 Å². The van der Waals surface area contributed by atoms with E-state index in [2.05, 4.69) is 88.0 Å². The number of allylic oxidation sites excluding steroid dienone is 2. The van der Waals surface area contributed by atoms with E-state index in [1.807, 2.05) is 12.2 Å².